The zero-order chi connectivity index (χ0) is 17.1. The van der Waals surface area contributed by atoms with E-state index < -0.39 is 11.7 Å². The molecular formula is C17H20FN3O3. The Hall–Kier alpha value is -2.44. The van der Waals surface area contributed by atoms with Crippen molar-refractivity contribution in [3.05, 3.63) is 30.1 Å². The Bertz CT molecular complexity index is 652. The molecule has 1 saturated carbocycles. The third kappa shape index (κ3) is 3.72. The van der Waals surface area contributed by atoms with Gasteiger partial charge in [0.05, 0.1) is 12.2 Å². The Morgan fingerprint density at radius 1 is 1.08 bits per heavy atom. The summed E-state index contributed by atoms with van der Waals surface area (Å²) in [5.74, 6) is -1.74. The Balaban J connectivity index is 1.46. The van der Waals surface area contributed by atoms with Crippen LogP contribution in [0.25, 0.3) is 0 Å². The van der Waals surface area contributed by atoms with E-state index in [0.29, 0.717) is 31.9 Å². The number of nitrogens with one attached hydrogen (secondary N) is 1. The van der Waals surface area contributed by atoms with Crippen molar-refractivity contribution in [3.63, 3.8) is 0 Å². The minimum atomic E-state index is -0.671. The molecule has 1 aliphatic heterocycles. The van der Waals surface area contributed by atoms with Crippen molar-refractivity contribution in [2.24, 2.45) is 5.92 Å². The second-order valence-electron chi connectivity index (χ2n) is 6.14. The van der Waals surface area contributed by atoms with E-state index in [0.717, 1.165) is 12.8 Å². The number of nitrogens with zero attached hydrogens (tertiary/aromatic N) is 2. The highest BCUT2D eigenvalue weighted by molar-refractivity contribution is 6.37. The van der Waals surface area contributed by atoms with Gasteiger partial charge in [-0.3, -0.25) is 14.4 Å². The minimum absolute atomic E-state index is 0.149. The number of ketones is 1. The van der Waals surface area contributed by atoms with Crippen molar-refractivity contribution >= 4 is 23.3 Å². The maximum Gasteiger partial charge on any atom is 0.288 e. The van der Waals surface area contributed by atoms with Crippen LogP contribution in [0.3, 0.4) is 0 Å². The number of hydrogen-bond acceptors (Lipinski definition) is 4. The van der Waals surface area contributed by atoms with Crippen molar-refractivity contribution in [3.8, 4) is 0 Å². The molecule has 1 N–H and O–H groups in total. The number of anilines is 1. The van der Waals surface area contributed by atoms with Gasteiger partial charge in [-0.25, -0.2) is 4.39 Å². The maximum absolute atomic E-state index is 13.8. The second-order valence-corrected chi connectivity index (χ2v) is 6.14. The van der Waals surface area contributed by atoms with Crippen molar-refractivity contribution in [2.45, 2.75) is 12.8 Å². The predicted octanol–water partition coefficient (Wildman–Crippen LogP) is 0.570. The number of carbonyl (C=O) groups excluding carboxylic acids is 3. The highest BCUT2D eigenvalue weighted by Gasteiger charge is 2.34. The van der Waals surface area contributed by atoms with Crippen LogP contribution in [-0.2, 0) is 14.4 Å². The number of hydrogen-bond donors (Lipinski definition) is 1. The molecular weight excluding hydrogens is 313 g/mol. The molecule has 0 radical (unpaired) electrons. The molecule has 1 aromatic carbocycles. The van der Waals surface area contributed by atoms with E-state index in [2.05, 4.69) is 5.32 Å². The maximum atomic E-state index is 13.8. The molecule has 0 atom stereocenters. The number of rotatable bonds is 5. The predicted molar refractivity (Wildman–Crippen MR) is 85.9 cm³/mol. The molecule has 0 unspecified atom stereocenters. The molecule has 1 heterocycles. The van der Waals surface area contributed by atoms with Gasteiger partial charge < -0.3 is 15.1 Å². The summed E-state index contributed by atoms with van der Waals surface area (Å²) in [5.41, 5.74) is 0.535. The van der Waals surface area contributed by atoms with Crippen LogP contribution in [0, 0.1) is 11.7 Å². The zero-order valence-corrected chi connectivity index (χ0v) is 13.3. The number of Topliss-reactive ketones (excluding diaryl/α,β-unsaturated/α-hetero) is 1. The van der Waals surface area contributed by atoms with Crippen LogP contribution in [0.15, 0.2) is 24.3 Å². The molecule has 2 fully saturated rings. The van der Waals surface area contributed by atoms with Crippen LogP contribution in [0.5, 0.6) is 0 Å². The summed E-state index contributed by atoms with van der Waals surface area (Å²) in [7, 11) is 0. The lowest BCUT2D eigenvalue weighted by molar-refractivity contribution is -0.140. The summed E-state index contributed by atoms with van der Waals surface area (Å²) >= 11 is 0. The molecule has 24 heavy (non-hydrogen) atoms. The normalized spacial score (nSPS) is 17.5. The van der Waals surface area contributed by atoms with Gasteiger partial charge in [0.1, 0.15) is 5.82 Å². The van der Waals surface area contributed by atoms with E-state index in [1.807, 2.05) is 4.90 Å². The molecule has 1 aromatic rings. The summed E-state index contributed by atoms with van der Waals surface area (Å²) in [4.78, 5) is 38.8. The number of piperazine rings is 1. The molecule has 2 amide bonds. The summed E-state index contributed by atoms with van der Waals surface area (Å²) in [5, 5.41) is 2.40. The molecule has 3 rings (SSSR count). The van der Waals surface area contributed by atoms with Gasteiger partial charge in [0.15, 0.2) is 0 Å². The van der Waals surface area contributed by atoms with Gasteiger partial charge in [0.2, 0.25) is 11.7 Å². The third-order valence-electron chi connectivity index (χ3n) is 4.40. The number of carbonyl (C=O) groups is 3. The molecule has 2 aliphatic rings. The molecule has 1 aliphatic carbocycles. The summed E-state index contributed by atoms with van der Waals surface area (Å²) < 4.78 is 13.8. The Kier molecular flexibility index (Phi) is 4.78. The van der Waals surface area contributed by atoms with Gasteiger partial charge in [-0.1, -0.05) is 12.1 Å². The lowest BCUT2D eigenvalue weighted by Gasteiger charge is -2.36. The van der Waals surface area contributed by atoms with Crippen molar-refractivity contribution in [2.75, 3.05) is 37.6 Å². The minimum Gasteiger partial charge on any atom is -0.366 e. The number of benzene rings is 1. The summed E-state index contributed by atoms with van der Waals surface area (Å²) in [6.07, 6.45) is 1.52. The monoisotopic (exact) mass is 333 g/mol. The lowest BCUT2D eigenvalue weighted by atomic mass is 10.2. The topological polar surface area (TPSA) is 69.7 Å². The quantitative estimate of drug-likeness (QED) is 0.800. The average Bonchev–Trinajstić information content (AvgIpc) is 3.44. The molecule has 128 valence electrons. The first-order chi connectivity index (χ1) is 11.6. The SMILES string of the molecule is O=C(NCC(=O)N1CCN(c2ccccc2F)CC1)C(=O)C1CC1. The van der Waals surface area contributed by atoms with E-state index in [9.17, 15) is 18.8 Å². The standard InChI is InChI=1S/C17H20FN3O3/c18-13-3-1-2-4-14(13)20-7-9-21(10-8-20)15(22)11-19-17(24)16(23)12-5-6-12/h1-4,12H,5-11H2,(H,19,24). The van der Waals surface area contributed by atoms with E-state index in [4.69, 9.17) is 0 Å². The fraction of sp³-hybridized carbons (Fsp3) is 0.471. The average molecular weight is 333 g/mol. The summed E-state index contributed by atoms with van der Waals surface area (Å²) in [6.45, 7) is 1.81. The van der Waals surface area contributed by atoms with Crippen LogP contribution in [0.4, 0.5) is 10.1 Å². The van der Waals surface area contributed by atoms with Crippen LogP contribution < -0.4 is 10.2 Å². The molecule has 0 aromatic heterocycles. The number of amides is 2. The van der Waals surface area contributed by atoms with Gasteiger partial charge in [-0.15, -0.1) is 0 Å². The highest BCUT2D eigenvalue weighted by Crippen LogP contribution is 2.29. The smallest absolute Gasteiger partial charge is 0.288 e. The summed E-state index contributed by atoms with van der Waals surface area (Å²) in [6, 6.07) is 6.56. The van der Waals surface area contributed by atoms with Gasteiger partial charge in [0, 0.05) is 32.1 Å². The van der Waals surface area contributed by atoms with Crippen LogP contribution in [-0.4, -0.2) is 55.2 Å². The van der Waals surface area contributed by atoms with Crippen LogP contribution in [0.1, 0.15) is 12.8 Å². The largest absolute Gasteiger partial charge is 0.366 e. The Morgan fingerprint density at radius 3 is 2.38 bits per heavy atom. The fourth-order valence-corrected chi connectivity index (χ4v) is 2.79. The Morgan fingerprint density at radius 2 is 1.75 bits per heavy atom. The van der Waals surface area contributed by atoms with Gasteiger partial charge in [-0.05, 0) is 25.0 Å². The van der Waals surface area contributed by atoms with Crippen molar-refractivity contribution in [1.82, 2.24) is 10.2 Å². The number of para-hydroxylation sites is 1. The zero-order valence-electron chi connectivity index (χ0n) is 13.3. The molecule has 0 spiro atoms. The van der Waals surface area contributed by atoms with Crippen molar-refractivity contribution < 1.29 is 18.8 Å². The van der Waals surface area contributed by atoms with Gasteiger partial charge in [0.25, 0.3) is 5.91 Å². The first kappa shape index (κ1) is 16.4. The van der Waals surface area contributed by atoms with Crippen molar-refractivity contribution in [1.29, 1.82) is 0 Å². The third-order valence-corrected chi connectivity index (χ3v) is 4.40. The molecule has 1 saturated heterocycles. The molecule has 7 heteroatoms. The fourth-order valence-electron chi connectivity index (χ4n) is 2.79. The van der Waals surface area contributed by atoms with E-state index in [1.165, 1.54) is 6.07 Å². The van der Waals surface area contributed by atoms with E-state index >= 15 is 0 Å². The number of halogens is 1. The lowest BCUT2D eigenvalue weighted by Crippen LogP contribution is -2.51. The van der Waals surface area contributed by atoms with E-state index in [1.54, 1.807) is 23.1 Å². The highest BCUT2D eigenvalue weighted by atomic mass is 19.1. The Labute approximate surface area is 139 Å². The van der Waals surface area contributed by atoms with E-state index in [-0.39, 0.29) is 24.2 Å². The molecule has 0 bridgehead atoms. The second kappa shape index (κ2) is 6.98. The van der Waals surface area contributed by atoms with Crippen LogP contribution >= 0.6 is 0 Å². The van der Waals surface area contributed by atoms with Gasteiger partial charge in [-0.2, -0.15) is 0 Å². The van der Waals surface area contributed by atoms with Gasteiger partial charge >= 0.3 is 0 Å². The molecule has 6 nitrogen and oxygen atoms in total. The first-order valence-corrected chi connectivity index (χ1v) is 8.15. The first-order valence-electron chi connectivity index (χ1n) is 8.15. The van der Waals surface area contributed by atoms with Crippen LogP contribution in [0.2, 0.25) is 0 Å².